The lowest BCUT2D eigenvalue weighted by molar-refractivity contribution is -0.149. The van der Waals surface area contributed by atoms with E-state index in [0.29, 0.717) is 18.4 Å². The molecule has 4 fully saturated rings. The van der Waals surface area contributed by atoms with Gasteiger partial charge in [-0.25, -0.2) is 4.98 Å². The molecule has 5 heteroatoms. The van der Waals surface area contributed by atoms with Crippen LogP contribution in [0.4, 0.5) is 0 Å². The largest absolute Gasteiger partial charge is 0.497 e. The summed E-state index contributed by atoms with van der Waals surface area (Å²) >= 11 is 1.68. The molecule has 3 aromatic rings. The number of aromatic nitrogens is 1. The van der Waals surface area contributed by atoms with Crippen LogP contribution in [0.1, 0.15) is 49.1 Å². The number of methoxy groups -OCH3 is 1. The molecule has 31 heavy (non-hydrogen) atoms. The van der Waals surface area contributed by atoms with Gasteiger partial charge >= 0.3 is 0 Å². The van der Waals surface area contributed by atoms with Crippen molar-refractivity contribution in [1.29, 1.82) is 0 Å². The number of hydrogen-bond donors (Lipinski definition) is 1. The number of carbonyl (C=O) groups is 1. The van der Waals surface area contributed by atoms with Gasteiger partial charge in [-0.05, 0) is 85.6 Å². The van der Waals surface area contributed by atoms with E-state index in [1.54, 1.807) is 18.4 Å². The van der Waals surface area contributed by atoms with E-state index in [-0.39, 0.29) is 16.7 Å². The molecule has 0 aliphatic heterocycles. The standard InChI is InChI=1S/C26H28N2O2S/c1-30-20-8-6-19(7-9-20)25-11-17-10-18(12-25)14-26(13-17,16-25)24(29)27-15-23-28-21-4-2-3-5-22(21)31-23/h2-9,17-18H,10-16H2,1H3,(H,27,29). The smallest absolute Gasteiger partial charge is 0.226 e. The minimum absolute atomic E-state index is 0.142. The highest BCUT2D eigenvalue weighted by Crippen LogP contribution is 2.65. The minimum atomic E-state index is -0.222. The van der Waals surface area contributed by atoms with Gasteiger partial charge in [0.15, 0.2) is 0 Å². The van der Waals surface area contributed by atoms with Gasteiger partial charge in [0.2, 0.25) is 5.91 Å². The van der Waals surface area contributed by atoms with Crippen molar-refractivity contribution in [1.82, 2.24) is 10.3 Å². The molecule has 4 nitrogen and oxygen atoms in total. The zero-order valence-electron chi connectivity index (χ0n) is 17.9. The predicted octanol–water partition coefficient (Wildman–Crippen LogP) is 5.46. The molecule has 0 spiro atoms. The van der Waals surface area contributed by atoms with E-state index in [1.807, 2.05) is 18.2 Å². The lowest BCUT2D eigenvalue weighted by atomic mass is 9.42. The van der Waals surface area contributed by atoms with E-state index in [4.69, 9.17) is 9.72 Å². The van der Waals surface area contributed by atoms with E-state index in [2.05, 4.69) is 35.6 Å². The van der Waals surface area contributed by atoms with Crippen LogP contribution < -0.4 is 10.1 Å². The molecule has 2 atom stereocenters. The molecule has 4 bridgehead atoms. The van der Waals surface area contributed by atoms with Gasteiger partial charge in [-0.15, -0.1) is 11.3 Å². The molecule has 160 valence electrons. The van der Waals surface area contributed by atoms with Gasteiger partial charge < -0.3 is 10.1 Å². The van der Waals surface area contributed by atoms with Crippen molar-refractivity contribution < 1.29 is 9.53 Å². The molecular formula is C26H28N2O2S. The monoisotopic (exact) mass is 432 g/mol. The maximum absolute atomic E-state index is 13.6. The fraction of sp³-hybridized carbons (Fsp3) is 0.462. The fourth-order valence-electron chi connectivity index (χ4n) is 7.15. The van der Waals surface area contributed by atoms with E-state index in [0.717, 1.165) is 35.5 Å². The van der Waals surface area contributed by atoms with E-state index in [9.17, 15) is 4.79 Å². The van der Waals surface area contributed by atoms with Crippen molar-refractivity contribution in [2.45, 2.75) is 50.5 Å². The third-order valence-electron chi connectivity index (χ3n) is 7.98. The summed E-state index contributed by atoms with van der Waals surface area (Å²) in [5, 5.41) is 4.28. The maximum atomic E-state index is 13.6. The van der Waals surface area contributed by atoms with Crippen molar-refractivity contribution >= 4 is 27.5 Å². The van der Waals surface area contributed by atoms with Crippen LogP contribution >= 0.6 is 11.3 Å². The van der Waals surface area contributed by atoms with Crippen molar-refractivity contribution in [2.75, 3.05) is 7.11 Å². The number of nitrogens with one attached hydrogen (secondary N) is 1. The Morgan fingerprint density at radius 2 is 1.84 bits per heavy atom. The molecule has 1 amide bonds. The third-order valence-corrected chi connectivity index (χ3v) is 9.02. The third kappa shape index (κ3) is 3.16. The number of para-hydroxylation sites is 1. The molecule has 0 saturated heterocycles. The number of amides is 1. The molecule has 4 aliphatic carbocycles. The van der Waals surface area contributed by atoms with Gasteiger partial charge in [-0.2, -0.15) is 0 Å². The van der Waals surface area contributed by atoms with Crippen molar-refractivity contribution in [3.8, 4) is 5.75 Å². The number of benzene rings is 2. The van der Waals surface area contributed by atoms with Gasteiger partial charge in [-0.3, -0.25) is 4.79 Å². The second-order valence-electron chi connectivity index (χ2n) is 10.0. The van der Waals surface area contributed by atoms with Crippen LogP contribution in [0, 0.1) is 17.3 Å². The average molecular weight is 433 g/mol. The zero-order chi connectivity index (χ0) is 21.1. The Balaban J connectivity index is 1.24. The molecule has 2 aromatic carbocycles. The fourth-order valence-corrected chi connectivity index (χ4v) is 8.06. The number of hydrogen-bond acceptors (Lipinski definition) is 4. The van der Waals surface area contributed by atoms with Crippen LogP contribution in [0.5, 0.6) is 5.75 Å². The SMILES string of the molecule is COc1ccc(C23CC4CC(CC(C(=O)NCc5nc6ccccc6s5)(C4)C2)C3)cc1. The molecule has 7 rings (SSSR count). The highest BCUT2D eigenvalue weighted by molar-refractivity contribution is 7.18. The normalized spacial score (nSPS) is 31.1. The predicted molar refractivity (Wildman–Crippen MR) is 123 cm³/mol. The van der Waals surface area contributed by atoms with Gasteiger partial charge in [0, 0.05) is 0 Å². The molecule has 4 aliphatic rings. The van der Waals surface area contributed by atoms with E-state index >= 15 is 0 Å². The Morgan fingerprint density at radius 3 is 2.55 bits per heavy atom. The Labute approximate surface area is 187 Å². The van der Waals surface area contributed by atoms with Crippen molar-refractivity contribution in [2.24, 2.45) is 17.3 Å². The van der Waals surface area contributed by atoms with Crippen LogP contribution in [0.3, 0.4) is 0 Å². The Bertz CT molecular complexity index is 1090. The van der Waals surface area contributed by atoms with Crippen LogP contribution in [0.25, 0.3) is 10.2 Å². The minimum Gasteiger partial charge on any atom is -0.497 e. The highest BCUT2D eigenvalue weighted by atomic mass is 32.1. The second kappa shape index (κ2) is 7.06. The first-order valence-corrected chi connectivity index (χ1v) is 12.2. The lowest BCUT2D eigenvalue weighted by Gasteiger charge is -2.61. The average Bonchev–Trinajstić information content (AvgIpc) is 3.19. The molecule has 1 heterocycles. The number of fused-ring (bicyclic) bond motifs is 1. The summed E-state index contributed by atoms with van der Waals surface area (Å²) < 4.78 is 6.55. The number of ether oxygens (including phenoxy) is 1. The maximum Gasteiger partial charge on any atom is 0.226 e. The van der Waals surface area contributed by atoms with Crippen molar-refractivity contribution in [3.63, 3.8) is 0 Å². The molecule has 1 aromatic heterocycles. The summed E-state index contributed by atoms with van der Waals surface area (Å²) in [6.45, 7) is 0.533. The molecule has 4 saturated carbocycles. The summed E-state index contributed by atoms with van der Waals surface area (Å²) in [5.41, 5.74) is 2.33. The van der Waals surface area contributed by atoms with Gasteiger partial charge in [0.1, 0.15) is 10.8 Å². The summed E-state index contributed by atoms with van der Waals surface area (Å²) in [6.07, 6.45) is 6.82. The number of carbonyl (C=O) groups excluding carboxylic acids is 1. The Kier molecular flexibility index (Phi) is 4.39. The highest BCUT2D eigenvalue weighted by Gasteiger charge is 2.60. The van der Waals surface area contributed by atoms with Crippen molar-refractivity contribution in [3.05, 3.63) is 59.1 Å². The van der Waals surface area contributed by atoms with Crippen LogP contribution in [0.2, 0.25) is 0 Å². The number of nitrogens with zero attached hydrogens (tertiary/aromatic N) is 1. The molecule has 2 unspecified atom stereocenters. The topological polar surface area (TPSA) is 51.2 Å². The quantitative estimate of drug-likeness (QED) is 0.582. The summed E-state index contributed by atoms with van der Waals surface area (Å²) in [6, 6.07) is 16.8. The lowest BCUT2D eigenvalue weighted by Crippen LogP contribution is -2.59. The second-order valence-corrected chi connectivity index (χ2v) is 11.1. The Morgan fingerprint density at radius 1 is 1.10 bits per heavy atom. The Hall–Kier alpha value is -2.40. The molecule has 1 N–H and O–H groups in total. The molecular weight excluding hydrogens is 404 g/mol. The first-order chi connectivity index (χ1) is 15.1. The first-order valence-electron chi connectivity index (χ1n) is 11.3. The van der Waals surface area contributed by atoms with E-state index in [1.165, 1.54) is 29.5 Å². The van der Waals surface area contributed by atoms with E-state index < -0.39 is 0 Å². The van der Waals surface area contributed by atoms with Gasteiger partial charge in [0.05, 0.1) is 29.3 Å². The van der Waals surface area contributed by atoms with Gasteiger partial charge in [0.25, 0.3) is 0 Å². The summed E-state index contributed by atoms with van der Waals surface area (Å²) in [5.74, 6) is 2.48. The summed E-state index contributed by atoms with van der Waals surface area (Å²) in [7, 11) is 1.71. The number of rotatable bonds is 5. The van der Waals surface area contributed by atoms with Crippen LogP contribution in [0.15, 0.2) is 48.5 Å². The first kappa shape index (κ1) is 19.3. The molecule has 0 radical (unpaired) electrons. The number of thiazole rings is 1. The van der Waals surface area contributed by atoms with Gasteiger partial charge in [-0.1, -0.05) is 24.3 Å². The summed E-state index contributed by atoms with van der Waals surface area (Å²) in [4.78, 5) is 18.3. The zero-order valence-corrected chi connectivity index (χ0v) is 18.7. The van der Waals surface area contributed by atoms with Crippen LogP contribution in [-0.4, -0.2) is 18.0 Å². The van der Waals surface area contributed by atoms with Crippen LogP contribution in [-0.2, 0) is 16.8 Å².